The van der Waals surface area contributed by atoms with Crippen LogP contribution in [0.5, 0.6) is 5.75 Å². The van der Waals surface area contributed by atoms with Crippen molar-refractivity contribution >= 4 is 22.5 Å². The molecular formula is C17H11ClF3NO. The van der Waals surface area contributed by atoms with Crippen LogP contribution in [0.25, 0.3) is 10.9 Å². The normalized spacial score (nSPS) is 11.7. The van der Waals surface area contributed by atoms with Crippen LogP contribution in [-0.4, -0.2) is 4.98 Å². The van der Waals surface area contributed by atoms with Gasteiger partial charge in [0.15, 0.2) is 0 Å². The zero-order valence-corrected chi connectivity index (χ0v) is 12.5. The minimum absolute atomic E-state index is 0.00748. The number of alkyl halides is 3. The lowest BCUT2D eigenvalue weighted by atomic mass is 10.1. The lowest BCUT2D eigenvalue weighted by Crippen LogP contribution is -2.10. The number of nitrogens with zero attached hydrogens (tertiary/aromatic N) is 1. The van der Waals surface area contributed by atoms with Crippen LogP contribution >= 0.6 is 11.6 Å². The van der Waals surface area contributed by atoms with Gasteiger partial charge in [-0.15, -0.1) is 0 Å². The van der Waals surface area contributed by atoms with Crippen LogP contribution in [0.4, 0.5) is 13.2 Å². The zero-order valence-electron chi connectivity index (χ0n) is 11.8. The Morgan fingerprint density at radius 1 is 1.00 bits per heavy atom. The summed E-state index contributed by atoms with van der Waals surface area (Å²) in [6.07, 6.45) is -4.52. The van der Waals surface area contributed by atoms with E-state index in [9.17, 15) is 13.2 Å². The summed E-state index contributed by atoms with van der Waals surface area (Å²) in [6, 6.07) is 14.5. The first-order valence-corrected chi connectivity index (χ1v) is 7.15. The van der Waals surface area contributed by atoms with Crippen molar-refractivity contribution in [1.29, 1.82) is 0 Å². The monoisotopic (exact) mass is 337 g/mol. The van der Waals surface area contributed by atoms with Crippen LogP contribution in [-0.2, 0) is 12.8 Å². The fourth-order valence-electron chi connectivity index (χ4n) is 2.21. The van der Waals surface area contributed by atoms with Crippen molar-refractivity contribution in [1.82, 2.24) is 4.98 Å². The van der Waals surface area contributed by atoms with Gasteiger partial charge >= 0.3 is 6.18 Å². The van der Waals surface area contributed by atoms with Crippen molar-refractivity contribution in [3.8, 4) is 5.75 Å². The zero-order chi connectivity index (χ0) is 16.4. The summed E-state index contributed by atoms with van der Waals surface area (Å²) in [5.41, 5.74) is -0.330. The Bertz CT molecular complexity index is 834. The van der Waals surface area contributed by atoms with E-state index in [-0.39, 0.29) is 12.1 Å². The third-order valence-corrected chi connectivity index (χ3v) is 3.52. The molecule has 0 spiro atoms. The number of para-hydroxylation sites is 1. The average Bonchev–Trinajstić information content (AvgIpc) is 2.52. The van der Waals surface area contributed by atoms with Gasteiger partial charge in [0.1, 0.15) is 18.1 Å². The highest BCUT2D eigenvalue weighted by Gasteiger charge is 2.33. The number of rotatable bonds is 3. The van der Waals surface area contributed by atoms with Gasteiger partial charge in [0.05, 0.1) is 5.52 Å². The van der Waals surface area contributed by atoms with E-state index in [0.29, 0.717) is 21.7 Å². The van der Waals surface area contributed by atoms with E-state index in [1.807, 2.05) is 6.07 Å². The second kappa shape index (κ2) is 6.08. The Labute approximate surface area is 135 Å². The Kier molecular flexibility index (Phi) is 4.13. The van der Waals surface area contributed by atoms with E-state index in [0.717, 1.165) is 6.07 Å². The van der Waals surface area contributed by atoms with Crippen molar-refractivity contribution in [2.75, 3.05) is 0 Å². The van der Waals surface area contributed by atoms with E-state index < -0.39 is 11.9 Å². The van der Waals surface area contributed by atoms with E-state index in [1.165, 1.54) is 12.1 Å². The molecule has 0 radical (unpaired) electrons. The van der Waals surface area contributed by atoms with Crippen molar-refractivity contribution in [3.05, 3.63) is 70.9 Å². The molecule has 3 aromatic rings. The summed E-state index contributed by atoms with van der Waals surface area (Å²) >= 11 is 5.95. The quantitative estimate of drug-likeness (QED) is 0.631. The second-order valence-corrected chi connectivity index (χ2v) is 5.36. The lowest BCUT2D eigenvalue weighted by Gasteiger charge is -2.13. The van der Waals surface area contributed by atoms with Crippen LogP contribution in [0.1, 0.15) is 11.3 Å². The third kappa shape index (κ3) is 3.56. The molecule has 0 fully saturated rings. The van der Waals surface area contributed by atoms with Gasteiger partial charge in [-0.05, 0) is 36.4 Å². The van der Waals surface area contributed by atoms with Crippen LogP contribution in [0.15, 0.2) is 54.6 Å². The molecule has 0 aliphatic carbocycles. The highest BCUT2D eigenvalue weighted by atomic mass is 35.5. The van der Waals surface area contributed by atoms with Gasteiger partial charge in [0.2, 0.25) is 0 Å². The minimum atomic E-state index is -4.52. The van der Waals surface area contributed by atoms with Gasteiger partial charge in [-0.3, -0.25) is 0 Å². The van der Waals surface area contributed by atoms with E-state index in [1.54, 1.807) is 30.3 Å². The summed E-state index contributed by atoms with van der Waals surface area (Å²) in [5.74, 6) is 0.577. The van der Waals surface area contributed by atoms with Gasteiger partial charge in [0.25, 0.3) is 0 Å². The van der Waals surface area contributed by atoms with Crippen LogP contribution < -0.4 is 4.74 Å². The number of hydrogen-bond donors (Lipinski definition) is 0. The molecule has 0 saturated heterocycles. The summed E-state index contributed by atoms with van der Waals surface area (Å²) < 4.78 is 44.6. The Morgan fingerprint density at radius 2 is 1.74 bits per heavy atom. The first-order valence-electron chi connectivity index (χ1n) is 6.78. The standard InChI is InChI=1S/C17H11ClF3NO/c18-12-6-7-15-14(9-12)11(8-16(22-15)17(19,20)21)10-23-13-4-2-1-3-5-13/h1-9H,10H2. The van der Waals surface area contributed by atoms with E-state index in [2.05, 4.69) is 4.98 Å². The minimum Gasteiger partial charge on any atom is -0.489 e. The maximum Gasteiger partial charge on any atom is 0.433 e. The molecule has 1 aromatic heterocycles. The number of halogens is 4. The molecule has 0 bridgehead atoms. The maximum absolute atomic E-state index is 13.0. The molecule has 2 aromatic carbocycles. The molecule has 3 rings (SSSR count). The summed E-state index contributed by atoms with van der Waals surface area (Å²) in [7, 11) is 0. The molecule has 0 saturated carbocycles. The van der Waals surface area contributed by atoms with Crippen molar-refractivity contribution < 1.29 is 17.9 Å². The highest BCUT2D eigenvalue weighted by molar-refractivity contribution is 6.31. The van der Waals surface area contributed by atoms with Gasteiger partial charge in [-0.1, -0.05) is 29.8 Å². The topological polar surface area (TPSA) is 22.1 Å². The van der Waals surface area contributed by atoms with E-state index in [4.69, 9.17) is 16.3 Å². The fourth-order valence-corrected chi connectivity index (χ4v) is 2.38. The number of aromatic nitrogens is 1. The smallest absolute Gasteiger partial charge is 0.433 e. The number of fused-ring (bicyclic) bond motifs is 1. The summed E-state index contributed by atoms with van der Waals surface area (Å²) in [4.78, 5) is 3.66. The predicted molar refractivity (Wildman–Crippen MR) is 82.5 cm³/mol. The molecule has 0 amide bonds. The van der Waals surface area contributed by atoms with Crippen LogP contribution in [0.3, 0.4) is 0 Å². The van der Waals surface area contributed by atoms with E-state index >= 15 is 0 Å². The van der Waals surface area contributed by atoms with Gasteiger partial charge in [-0.25, -0.2) is 4.98 Å². The molecular weight excluding hydrogens is 327 g/mol. The first-order chi connectivity index (χ1) is 10.9. The van der Waals surface area contributed by atoms with Crippen molar-refractivity contribution in [3.63, 3.8) is 0 Å². The highest BCUT2D eigenvalue weighted by Crippen LogP contribution is 2.32. The number of ether oxygens (including phenoxy) is 1. The van der Waals surface area contributed by atoms with Gasteiger partial charge in [-0.2, -0.15) is 13.2 Å². The van der Waals surface area contributed by atoms with Crippen molar-refractivity contribution in [2.24, 2.45) is 0 Å². The molecule has 6 heteroatoms. The molecule has 2 nitrogen and oxygen atoms in total. The molecule has 0 aliphatic rings. The Hall–Kier alpha value is -2.27. The number of benzene rings is 2. The predicted octanol–water partition coefficient (Wildman–Crippen LogP) is 5.49. The molecule has 0 atom stereocenters. The summed E-state index contributed by atoms with van der Waals surface area (Å²) in [6.45, 7) is -0.00748. The van der Waals surface area contributed by atoms with Crippen molar-refractivity contribution in [2.45, 2.75) is 12.8 Å². The lowest BCUT2D eigenvalue weighted by molar-refractivity contribution is -0.141. The SMILES string of the molecule is FC(F)(F)c1cc(COc2ccccc2)c2cc(Cl)ccc2n1. The number of hydrogen-bond acceptors (Lipinski definition) is 2. The Morgan fingerprint density at radius 3 is 2.43 bits per heavy atom. The Balaban J connectivity index is 2.03. The van der Waals surface area contributed by atoms with Gasteiger partial charge in [0, 0.05) is 16.0 Å². The molecule has 0 aliphatic heterocycles. The second-order valence-electron chi connectivity index (χ2n) is 4.93. The third-order valence-electron chi connectivity index (χ3n) is 3.28. The largest absolute Gasteiger partial charge is 0.489 e. The molecule has 23 heavy (non-hydrogen) atoms. The molecule has 0 N–H and O–H groups in total. The average molecular weight is 338 g/mol. The van der Waals surface area contributed by atoms with Crippen LogP contribution in [0.2, 0.25) is 5.02 Å². The molecule has 1 heterocycles. The van der Waals surface area contributed by atoms with Gasteiger partial charge < -0.3 is 4.74 Å². The maximum atomic E-state index is 13.0. The van der Waals surface area contributed by atoms with Crippen LogP contribution in [0, 0.1) is 0 Å². The molecule has 0 unspecified atom stereocenters. The first kappa shape index (κ1) is 15.6. The number of pyridine rings is 1. The fraction of sp³-hybridized carbons (Fsp3) is 0.118. The summed E-state index contributed by atoms with van der Waals surface area (Å²) in [5, 5.41) is 0.974. The molecule has 118 valence electrons.